The van der Waals surface area contributed by atoms with Gasteiger partial charge < -0.3 is 24.6 Å². The highest BCUT2D eigenvalue weighted by Crippen LogP contribution is 2.39. The van der Waals surface area contributed by atoms with Crippen LogP contribution >= 0.6 is 11.8 Å². The summed E-state index contributed by atoms with van der Waals surface area (Å²) in [4.78, 5) is 23.3. The molecule has 0 aromatic heterocycles. The molecular formula is C19H21NO6S. The molecule has 0 atom stereocenters. The molecule has 0 unspecified atom stereocenters. The Kier molecular flexibility index (Phi) is 7.36. The van der Waals surface area contributed by atoms with Crippen LogP contribution in [-0.4, -0.2) is 44.1 Å². The first-order valence-electron chi connectivity index (χ1n) is 7.99. The summed E-state index contributed by atoms with van der Waals surface area (Å²) in [5.74, 6) is 0.431. The molecule has 0 spiro atoms. The van der Waals surface area contributed by atoms with E-state index in [-0.39, 0.29) is 17.4 Å². The second kappa shape index (κ2) is 9.72. The van der Waals surface area contributed by atoms with Crippen LogP contribution in [0.15, 0.2) is 36.4 Å². The third kappa shape index (κ3) is 5.30. The summed E-state index contributed by atoms with van der Waals surface area (Å²) in [7, 11) is 4.43. The summed E-state index contributed by atoms with van der Waals surface area (Å²) >= 11 is 1.29. The molecule has 144 valence electrons. The van der Waals surface area contributed by atoms with Gasteiger partial charge in [-0.2, -0.15) is 0 Å². The zero-order valence-corrected chi connectivity index (χ0v) is 16.1. The lowest BCUT2D eigenvalue weighted by molar-refractivity contribution is -0.133. The molecular weight excluding hydrogens is 370 g/mol. The molecule has 0 bridgehead atoms. The molecule has 0 aliphatic carbocycles. The molecule has 0 aliphatic rings. The van der Waals surface area contributed by atoms with Gasteiger partial charge in [-0.05, 0) is 29.8 Å². The molecule has 2 rings (SSSR count). The number of methoxy groups -OCH3 is 3. The number of thioether (sulfide) groups is 1. The Balaban J connectivity index is 2.19. The lowest BCUT2D eigenvalue weighted by Crippen LogP contribution is -2.14. The molecule has 8 heteroatoms. The largest absolute Gasteiger partial charge is 0.493 e. The fraction of sp³-hybridized carbons (Fsp3) is 0.263. The van der Waals surface area contributed by atoms with Crippen LogP contribution < -0.4 is 19.5 Å². The predicted octanol–water partition coefficient (Wildman–Crippen LogP) is 3.28. The van der Waals surface area contributed by atoms with Gasteiger partial charge in [0.2, 0.25) is 5.75 Å². The smallest absolute Gasteiger partial charge is 0.313 e. The van der Waals surface area contributed by atoms with Gasteiger partial charge in [0, 0.05) is 11.4 Å². The number of amides is 1. The minimum Gasteiger partial charge on any atom is -0.493 e. The molecule has 2 N–H and O–H groups in total. The number of hydrogen-bond donors (Lipinski definition) is 2. The monoisotopic (exact) mass is 391 g/mol. The Hall–Kier alpha value is -2.87. The van der Waals surface area contributed by atoms with Crippen LogP contribution in [0, 0.1) is 0 Å². The zero-order chi connectivity index (χ0) is 19.8. The number of aliphatic carboxylic acids is 1. The second-order valence-corrected chi connectivity index (χ2v) is 6.41. The Bertz CT molecular complexity index is 824. The Labute approximate surface area is 161 Å². The van der Waals surface area contributed by atoms with Crippen molar-refractivity contribution < 1.29 is 28.9 Å². The maximum absolute atomic E-state index is 12.7. The highest BCUT2D eigenvalue weighted by atomic mass is 32.2. The van der Waals surface area contributed by atoms with E-state index in [0.717, 1.165) is 5.56 Å². The highest BCUT2D eigenvalue weighted by molar-refractivity contribution is 7.99. The highest BCUT2D eigenvalue weighted by Gasteiger charge is 2.20. The van der Waals surface area contributed by atoms with Gasteiger partial charge in [-0.3, -0.25) is 9.59 Å². The first-order valence-corrected chi connectivity index (χ1v) is 9.14. The number of carbonyl (C=O) groups is 2. The molecule has 27 heavy (non-hydrogen) atoms. The summed E-state index contributed by atoms with van der Waals surface area (Å²) in [5.41, 5.74) is 1.82. The van der Waals surface area contributed by atoms with Crippen molar-refractivity contribution in [2.24, 2.45) is 0 Å². The average Bonchev–Trinajstić information content (AvgIpc) is 2.66. The van der Waals surface area contributed by atoms with Crippen LogP contribution in [0.2, 0.25) is 0 Å². The van der Waals surface area contributed by atoms with Crippen LogP contribution in [0.5, 0.6) is 17.2 Å². The van der Waals surface area contributed by atoms with Gasteiger partial charge in [-0.15, -0.1) is 11.8 Å². The van der Waals surface area contributed by atoms with E-state index in [1.54, 1.807) is 30.3 Å². The number of carboxylic acids is 1. The molecule has 0 saturated carbocycles. The maximum atomic E-state index is 12.7. The Morgan fingerprint density at radius 2 is 1.78 bits per heavy atom. The fourth-order valence-corrected chi connectivity index (χ4v) is 3.17. The van der Waals surface area contributed by atoms with Gasteiger partial charge in [-0.1, -0.05) is 12.1 Å². The van der Waals surface area contributed by atoms with Crippen LogP contribution in [0.3, 0.4) is 0 Å². The van der Waals surface area contributed by atoms with E-state index in [1.165, 1.54) is 33.1 Å². The topological polar surface area (TPSA) is 94.1 Å². The molecule has 0 radical (unpaired) electrons. The number of ether oxygens (including phenoxy) is 3. The van der Waals surface area contributed by atoms with Gasteiger partial charge in [0.05, 0.1) is 32.6 Å². The van der Waals surface area contributed by atoms with Crippen molar-refractivity contribution in [2.45, 2.75) is 5.75 Å². The van der Waals surface area contributed by atoms with Crippen molar-refractivity contribution in [1.29, 1.82) is 0 Å². The Morgan fingerprint density at radius 3 is 2.41 bits per heavy atom. The molecule has 0 aliphatic heterocycles. The van der Waals surface area contributed by atoms with E-state index in [2.05, 4.69) is 5.32 Å². The van der Waals surface area contributed by atoms with Crippen LogP contribution in [0.1, 0.15) is 15.9 Å². The first kappa shape index (κ1) is 20.4. The molecule has 7 nitrogen and oxygen atoms in total. The standard InChI is InChI=1S/C19H21NO6S/c1-24-15-8-7-14(17(25-2)18(15)26-3)19(23)20-13-6-4-5-12(9-13)10-27-11-16(21)22/h4-9H,10-11H2,1-3H3,(H,20,23)(H,21,22). The lowest BCUT2D eigenvalue weighted by atomic mass is 10.1. The summed E-state index contributed by atoms with van der Waals surface area (Å²) in [5, 5.41) is 11.5. The van der Waals surface area contributed by atoms with E-state index in [0.29, 0.717) is 28.5 Å². The van der Waals surface area contributed by atoms with Crippen LogP contribution in [-0.2, 0) is 10.5 Å². The number of benzene rings is 2. The van der Waals surface area contributed by atoms with Gasteiger partial charge in [0.1, 0.15) is 0 Å². The van der Waals surface area contributed by atoms with Crippen LogP contribution in [0.25, 0.3) is 0 Å². The zero-order valence-electron chi connectivity index (χ0n) is 15.3. The third-order valence-corrected chi connectivity index (χ3v) is 4.62. The second-order valence-electron chi connectivity index (χ2n) is 5.42. The molecule has 2 aromatic carbocycles. The maximum Gasteiger partial charge on any atom is 0.313 e. The summed E-state index contributed by atoms with van der Waals surface area (Å²) in [6.07, 6.45) is 0. The van der Waals surface area contributed by atoms with E-state index in [1.807, 2.05) is 6.07 Å². The fourth-order valence-electron chi connectivity index (χ4n) is 2.47. The quantitative estimate of drug-likeness (QED) is 0.677. The molecule has 2 aromatic rings. The number of anilines is 1. The molecule has 0 fully saturated rings. The van der Waals surface area contributed by atoms with Gasteiger partial charge in [0.15, 0.2) is 11.5 Å². The van der Waals surface area contributed by atoms with Crippen molar-refractivity contribution in [3.05, 3.63) is 47.5 Å². The Morgan fingerprint density at radius 1 is 1.04 bits per heavy atom. The van der Waals surface area contributed by atoms with Crippen molar-refractivity contribution in [3.63, 3.8) is 0 Å². The van der Waals surface area contributed by atoms with Gasteiger partial charge >= 0.3 is 5.97 Å². The normalized spacial score (nSPS) is 10.2. The van der Waals surface area contributed by atoms with E-state index in [9.17, 15) is 9.59 Å². The van der Waals surface area contributed by atoms with E-state index < -0.39 is 5.97 Å². The molecule has 0 heterocycles. The number of rotatable bonds is 9. The predicted molar refractivity (Wildman–Crippen MR) is 104 cm³/mol. The van der Waals surface area contributed by atoms with E-state index in [4.69, 9.17) is 19.3 Å². The number of hydrogen-bond acceptors (Lipinski definition) is 6. The number of carboxylic acid groups (broad SMARTS) is 1. The average molecular weight is 391 g/mol. The number of carbonyl (C=O) groups excluding carboxylic acids is 1. The van der Waals surface area contributed by atoms with Crippen molar-refractivity contribution >= 4 is 29.3 Å². The van der Waals surface area contributed by atoms with Gasteiger partial charge in [0.25, 0.3) is 5.91 Å². The number of nitrogens with one attached hydrogen (secondary N) is 1. The molecule has 0 saturated heterocycles. The van der Waals surface area contributed by atoms with Crippen LogP contribution in [0.4, 0.5) is 5.69 Å². The summed E-state index contributed by atoms with van der Waals surface area (Å²) in [6.45, 7) is 0. The first-order chi connectivity index (χ1) is 13.0. The van der Waals surface area contributed by atoms with Crippen molar-refractivity contribution in [1.82, 2.24) is 0 Å². The van der Waals surface area contributed by atoms with E-state index >= 15 is 0 Å². The van der Waals surface area contributed by atoms with Crippen molar-refractivity contribution in [2.75, 3.05) is 32.4 Å². The van der Waals surface area contributed by atoms with Crippen molar-refractivity contribution in [3.8, 4) is 17.2 Å². The summed E-state index contributed by atoms with van der Waals surface area (Å²) < 4.78 is 15.9. The lowest BCUT2D eigenvalue weighted by Gasteiger charge is -2.15. The minimum absolute atomic E-state index is 0.0272. The third-order valence-electron chi connectivity index (χ3n) is 3.63. The minimum atomic E-state index is -0.856. The summed E-state index contributed by atoms with van der Waals surface area (Å²) in [6, 6.07) is 10.5. The van der Waals surface area contributed by atoms with Gasteiger partial charge in [-0.25, -0.2) is 0 Å². The molecule has 1 amide bonds. The SMILES string of the molecule is COc1ccc(C(=O)Nc2cccc(CSCC(=O)O)c2)c(OC)c1OC.